The van der Waals surface area contributed by atoms with Crippen molar-refractivity contribution in [3.8, 4) is 11.5 Å². The van der Waals surface area contributed by atoms with Crippen LogP contribution in [0.1, 0.15) is 19.8 Å². The monoisotopic (exact) mass is 302 g/mol. The average Bonchev–Trinajstić information content (AvgIpc) is 3.11. The highest BCUT2D eigenvalue weighted by molar-refractivity contribution is 5.69. The molecule has 3 atom stereocenters. The van der Waals surface area contributed by atoms with Crippen molar-refractivity contribution in [1.29, 1.82) is 0 Å². The lowest BCUT2D eigenvalue weighted by Crippen LogP contribution is -2.17. The van der Waals surface area contributed by atoms with E-state index >= 15 is 0 Å². The SMILES string of the molecule is CC(=O)Oc1ccc(OCCOCC2CC3C=CC2C3)cc1. The highest BCUT2D eigenvalue weighted by Crippen LogP contribution is 2.43. The number of hydrogen-bond acceptors (Lipinski definition) is 4. The zero-order chi connectivity index (χ0) is 15.4. The van der Waals surface area contributed by atoms with Crippen LogP contribution in [0, 0.1) is 17.8 Å². The molecule has 0 amide bonds. The first kappa shape index (κ1) is 15.1. The Morgan fingerprint density at radius 3 is 2.50 bits per heavy atom. The number of carbonyl (C=O) groups is 1. The maximum Gasteiger partial charge on any atom is 0.308 e. The lowest BCUT2D eigenvalue weighted by molar-refractivity contribution is -0.131. The molecule has 3 unspecified atom stereocenters. The van der Waals surface area contributed by atoms with E-state index in [0.717, 1.165) is 24.2 Å². The van der Waals surface area contributed by atoms with E-state index in [9.17, 15) is 4.79 Å². The fourth-order valence-corrected chi connectivity index (χ4v) is 3.31. The molecule has 4 nitrogen and oxygen atoms in total. The van der Waals surface area contributed by atoms with Crippen molar-refractivity contribution in [3.63, 3.8) is 0 Å². The van der Waals surface area contributed by atoms with Crippen molar-refractivity contribution in [2.75, 3.05) is 19.8 Å². The maximum atomic E-state index is 10.8. The Labute approximate surface area is 131 Å². The van der Waals surface area contributed by atoms with Crippen molar-refractivity contribution < 1.29 is 19.0 Å². The minimum atomic E-state index is -0.322. The van der Waals surface area contributed by atoms with Crippen LogP contribution in [-0.2, 0) is 9.53 Å². The Bertz CT molecular complexity index is 535. The smallest absolute Gasteiger partial charge is 0.308 e. The van der Waals surface area contributed by atoms with E-state index < -0.39 is 0 Å². The normalized spacial score (nSPS) is 25.4. The van der Waals surface area contributed by atoms with Crippen LogP contribution in [0.4, 0.5) is 0 Å². The van der Waals surface area contributed by atoms with Crippen LogP contribution in [0.15, 0.2) is 36.4 Å². The number of hydrogen-bond donors (Lipinski definition) is 0. The first-order valence-electron chi connectivity index (χ1n) is 7.88. The second-order valence-electron chi connectivity index (χ2n) is 6.03. The second kappa shape index (κ2) is 6.97. The zero-order valence-electron chi connectivity index (χ0n) is 12.9. The molecule has 0 heterocycles. The fraction of sp³-hybridized carbons (Fsp3) is 0.500. The fourth-order valence-electron chi connectivity index (χ4n) is 3.31. The van der Waals surface area contributed by atoms with Gasteiger partial charge in [-0.05, 0) is 54.9 Å². The first-order chi connectivity index (χ1) is 10.7. The van der Waals surface area contributed by atoms with Gasteiger partial charge < -0.3 is 14.2 Å². The van der Waals surface area contributed by atoms with Crippen LogP contribution in [0.5, 0.6) is 11.5 Å². The van der Waals surface area contributed by atoms with Gasteiger partial charge in [0.2, 0.25) is 0 Å². The summed E-state index contributed by atoms with van der Waals surface area (Å²) >= 11 is 0. The van der Waals surface area contributed by atoms with Gasteiger partial charge in [-0.3, -0.25) is 4.79 Å². The molecule has 0 spiro atoms. The zero-order valence-corrected chi connectivity index (χ0v) is 12.9. The minimum Gasteiger partial charge on any atom is -0.491 e. The van der Waals surface area contributed by atoms with Gasteiger partial charge in [-0.15, -0.1) is 0 Å². The van der Waals surface area contributed by atoms with Crippen LogP contribution in [0.2, 0.25) is 0 Å². The molecule has 2 aliphatic rings. The number of benzene rings is 1. The van der Waals surface area contributed by atoms with Crippen molar-refractivity contribution in [3.05, 3.63) is 36.4 Å². The summed E-state index contributed by atoms with van der Waals surface area (Å²) in [6.45, 7) is 3.35. The quantitative estimate of drug-likeness (QED) is 0.336. The van der Waals surface area contributed by atoms with Gasteiger partial charge in [0.25, 0.3) is 0 Å². The molecule has 0 aromatic heterocycles. The lowest BCUT2D eigenvalue weighted by atomic mass is 9.95. The summed E-state index contributed by atoms with van der Waals surface area (Å²) < 4.78 is 16.3. The average molecular weight is 302 g/mol. The van der Waals surface area contributed by atoms with Gasteiger partial charge in [0.1, 0.15) is 18.1 Å². The number of fused-ring (bicyclic) bond motifs is 2. The molecule has 0 saturated heterocycles. The standard InChI is InChI=1S/C18H22O4/c1-13(19)22-18-6-4-17(5-7-18)21-9-8-20-12-16-11-14-2-3-15(16)10-14/h2-7,14-16H,8-12H2,1H3. The molecular formula is C18H22O4. The summed E-state index contributed by atoms with van der Waals surface area (Å²) in [4.78, 5) is 10.8. The molecule has 1 saturated carbocycles. The Balaban J connectivity index is 1.31. The largest absolute Gasteiger partial charge is 0.491 e. The summed E-state index contributed by atoms with van der Waals surface area (Å²) in [6, 6.07) is 7.02. The molecule has 3 rings (SSSR count). The summed E-state index contributed by atoms with van der Waals surface area (Å²) in [5.74, 6) is 3.18. The van der Waals surface area contributed by atoms with E-state index in [0.29, 0.717) is 24.9 Å². The van der Waals surface area contributed by atoms with Crippen LogP contribution in [0.25, 0.3) is 0 Å². The molecule has 0 aliphatic heterocycles. The number of allylic oxidation sites excluding steroid dienone is 2. The molecule has 22 heavy (non-hydrogen) atoms. The van der Waals surface area contributed by atoms with Gasteiger partial charge in [-0.1, -0.05) is 12.2 Å². The Morgan fingerprint density at radius 1 is 1.09 bits per heavy atom. The third-order valence-corrected chi connectivity index (χ3v) is 4.33. The van der Waals surface area contributed by atoms with E-state index in [4.69, 9.17) is 14.2 Å². The predicted octanol–water partition coefficient (Wildman–Crippen LogP) is 3.22. The van der Waals surface area contributed by atoms with Crippen molar-refractivity contribution in [1.82, 2.24) is 0 Å². The Kier molecular flexibility index (Phi) is 4.78. The van der Waals surface area contributed by atoms with E-state index in [1.165, 1.54) is 19.8 Å². The molecular weight excluding hydrogens is 280 g/mol. The molecule has 1 fully saturated rings. The molecule has 1 aromatic rings. The summed E-state index contributed by atoms with van der Waals surface area (Å²) in [5.41, 5.74) is 0. The lowest BCUT2D eigenvalue weighted by Gasteiger charge is -2.18. The number of ether oxygens (including phenoxy) is 3. The van der Waals surface area contributed by atoms with E-state index in [1.54, 1.807) is 24.3 Å². The summed E-state index contributed by atoms with van der Waals surface area (Å²) in [5, 5.41) is 0. The van der Waals surface area contributed by atoms with Crippen molar-refractivity contribution in [2.24, 2.45) is 17.8 Å². The molecule has 0 radical (unpaired) electrons. The molecule has 118 valence electrons. The van der Waals surface area contributed by atoms with E-state index in [-0.39, 0.29) is 5.97 Å². The first-order valence-corrected chi connectivity index (χ1v) is 7.88. The third kappa shape index (κ3) is 3.89. The Hall–Kier alpha value is -1.81. The van der Waals surface area contributed by atoms with E-state index in [2.05, 4.69) is 12.2 Å². The highest BCUT2D eigenvalue weighted by atomic mass is 16.5. The van der Waals surface area contributed by atoms with Crippen molar-refractivity contribution >= 4 is 5.97 Å². The van der Waals surface area contributed by atoms with Gasteiger partial charge >= 0.3 is 5.97 Å². The maximum absolute atomic E-state index is 10.8. The van der Waals surface area contributed by atoms with Gasteiger partial charge in [0, 0.05) is 6.92 Å². The van der Waals surface area contributed by atoms with Gasteiger partial charge in [0.15, 0.2) is 0 Å². The number of esters is 1. The molecule has 2 aliphatic carbocycles. The van der Waals surface area contributed by atoms with Crippen molar-refractivity contribution in [2.45, 2.75) is 19.8 Å². The van der Waals surface area contributed by atoms with Crippen LogP contribution in [0.3, 0.4) is 0 Å². The van der Waals surface area contributed by atoms with Gasteiger partial charge in [0.05, 0.1) is 13.2 Å². The van der Waals surface area contributed by atoms with Crippen LogP contribution in [-0.4, -0.2) is 25.8 Å². The second-order valence-corrected chi connectivity index (χ2v) is 6.03. The van der Waals surface area contributed by atoms with Gasteiger partial charge in [-0.2, -0.15) is 0 Å². The molecule has 4 heteroatoms. The number of rotatable bonds is 7. The Morgan fingerprint density at radius 2 is 1.86 bits per heavy atom. The molecule has 0 N–H and O–H groups in total. The summed E-state index contributed by atoms with van der Waals surface area (Å²) in [7, 11) is 0. The van der Waals surface area contributed by atoms with Gasteiger partial charge in [-0.25, -0.2) is 0 Å². The molecule has 1 aromatic carbocycles. The topological polar surface area (TPSA) is 44.8 Å². The molecule has 2 bridgehead atoms. The summed E-state index contributed by atoms with van der Waals surface area (Å²) in [6.07, 6.45) is 7.30. The van der Waals surface area contributed by atoms with Crippen LogP contribution >= 0.6 is 0 Å². The highest BCUT2D eigenvalue weighted by Gasteiger charge is 2.35. The minimum absolute atomic E-state index is 0.322. The third-order valence-electron chi connectivity index (χ3n) is 4.33. The van der Waals surface area contributed by atoms with Crippen LogP contribution < -0.4 is 9.47 Å². The number of carbonyl (C=O) groups excluding carboxylic acids is 1. The predicted molar refractivity (Wildman–Crippen MR) is 82.9 cm³/mol. The van der Waals surface area contributed by atoms with E-state index in [1.807, 2.05) is 0 Å².